The molecule has 0 spiro atoms. The number of rotatable bonds is 5. The van der Waals surface area contributed by atoms with Crippen molar-refractivity contribution in [3.05, 3.63) is 38.8 Å². The van der Waals surface area contributed by atoms with Crippen LogP contribution in [-0.2, 0) is 14.8 Å². The number of morpholine rings is 1. The number of nitrogens with one attached hydrogen (secondary N) is 2. The molecule has 1 aromatic carbocycles. The maximum Gasteiger partial charge on any atom is 0.278 e. The highest BCUT2D eigenvalue weighted by molar-refractivity contribution is 7.89. The van der Waals surface area contributed by atoms with E-state index in [1.54, 1.807) is 6.92 Å². The third-order valence-corrected chi connectivity index (χ3v) is 7.18. The van der Waals surface area contributed by atoms with Crippen molar-refractivity contribution in [3.8, 4) is 0 Å². The van der Waals surface area contributed by atoms with Gasteiger partial charge in [-0.25, -0.2) is 13.4 Å². The van der Waals surface area contributed by atoms with Gasteiger partial charge in [0.25, 0.3) is 15.9 Å². The molecule has 1 fully saturated rings. The van der Waals surface area contributed by atoms with E-state index in [-0.39, 0.29) is 14.9 Å². The first-order valence-electron chi connectivity index (χ1n) is 7.86. The molecule has 0 unspecified atom stereocenters. The number of ether oxygens (including phenoxy) is 1. The Balaban J connectivity index is 1.73. The summed E-state index contributed by atoms with van der Waals surface area (Å²) in [6.45, 7) is 4.25. The molecule has 1 aromatic heterocycles. The summed E-state index contributed by atoms with van der Waals surface area (Å²) in [5.74, 6) is -0.615. The van der Waals surface area contributed by atoms with Crippen molar-refractivity contribution < 1.29 is 17.9 Å². The van der Waals surface area contributed by atoms with Crippen LogP contribution in [0, 0.1) is 6.92 Å². The van der Waals surface area contributed by atoms with Crippen LogP contribution in [0.4, 0.5) is 5.13 Å². The number of hydrogen-bond donors (Lipinski definition) is 2. The molecule has 0 radical (unpaired) electrons. The minimum absolute atomic E-state index is 0.0483. The number of aromatic nitrogens is 1. The molecule has 12 heteroatoms. The summed E-state index contributed by atoms with van der Waals surface area (Å²) in [6.07, 6.45) is 0. The van der Waals surface area contributed by atoms with E-state index >= 15 is 0 Å². The quantitative estimate of drug-likeness (QED) is 0.677. The lowest BCUT2D eigenvalue weighted by atomic mass is 10.4. The Morgan fingerprint density at radius 3 is 2.52 bits per heavy atom. The first-order chi connectivity index (χ1) is 12.8. The topological polar surface area (TPSA) is 101 Å². The Kier molecular flexibility index (Phi) is 6.24. The third-order valence-electron chi connectivity index (χ3n) is 3.76. The number of amides is 1. The molecule has 1 amide bonds. The maximum absolute atomic E-state index is 12.4. The fourth-order valence-corrected chi connectivity index (χ4v) is 5.44. The van der Waals surface area contributed by atoms with E-state index in [1.165, 1.54) is 29.5 Å². The molecule has 1 aliphatic heterocycles. The highest BCUT2D eigenvalue weighted by Gasteiger charge is 2.24. The van der Waals surface area contributed by atoms with Gasteiger partial charge in [0.05, 0.1) is 29.0 Å². The zero-order valence-electron chi connectivity index (χ0n) is 14.2. The Morgan fingerprint density at radius 1 is 1.26 bits per heavy atom. The highest BCUT2D eigenvalue weighted by Crippen LogP contribution is 2.29. The summed E-state index contributed by atoms with van der Waals surface area (Å²) in [6, 6.07) is 4.31. The van der Waals surface area contributed by atoms with E-state index in [1.807, 2.05) is 9.73 Å². The number of halogens is 2. The Hall–Kier alpha value is -1.43. The summed E-state index contributed by atoms with van der Waals surface area (Å²) >= 11 is 13.0. The van der Waals surface area contributed by atoms with E-state index in [0.29, 0.717) is 42.0 Å². The van der Waals surface area contributed by atoms with E-state index in [0.717, 1.165) is 0 Å². The minimum Gasteiger partial charge on any atom is -0.378 e. The second kappa shape index (κ2) is 8.29. The van der Waals surface area contributed by atoms with Gasteiger partial charge in [-0.2, -0.15) is 0 Å². The number of carbonyl (C=O) groups is 1. The molecule has 0 aliphatic carbocycles. The lowest BCUT2D eigenvalue weighted by molar-refractivity contribution is 0.0948. The summed E-state index contributed by atoms with van der Waals surface area (Å²) < 4.78 is 30.1. The second-order valence-electron chi connectivity index (χ2n) is 5.62. The monoisotopic (exact) mass is 450 g/mol. The Morgan fingerprint density at radius 2 is 1.89 bits per heavy atom. The van der Waals surface area contributed by atoms with Gasteiger partial charge < -0.3 is 9.64 Å². The van der Waals surface area contributed by atoms with Gasteiger partial charge in [0.15, 0.2) is 5.13 Å². The number of hydrogen-bond acceptors (Lipinski definition) is 7. The Bertz CT molecular complexity index is 938. The molecule has 2 N–H and O–H groups in total. The fourth-order valence-electron chi connectivity index (χ4n) is 2.44. The summed E-state index contributed by atoms with van der Waals surface area (Å²) in [7, 11) is -4.14. The molecule has 0 saturated carbocycles. The van der Waals surface area contributed by atoms with Gasteiger partial charge in [0, 0.05) is 13.1 Å². The number of carbonyl (C=O) groups excluding carboxylic acids is 1. The van der Waals surface area contributed by atoms with Crippen LogP contribution in [0.2, 0.25) is 10.0 Å². The van der Waals surface area contributed by atoms with Crippen LogP contribution >= 0.6 is 34.5 Å². The van der Waals surface area contributed by atoms with Gasteiger partial charge in [0.1, 0.15) is 9.77 Å². The first kappa shape index (κ1) is 20.3. The van der Waals surface area contributed by atoms with E-state index in [9.17, 15) is 13.2 Å². The predicted molar refractivity (Wildman–Crippen MR) is 104 cm³/mol. The fraction of sp³-hybridized carbons (Fsp3) is 0.333. The van der Waals surface area contributed by atoms with E-state index in [4.69, 9.17) is 27.9 Å². The van der Waals surface area contributed by atoms with Gasteiger partial charge in [-0.15, -0.1) is 4.83 Å². The molecular formula is C15H16Cl2N4O4S2. The normalized spacial score (nSPS) is 15.0. The summed E-state index contributed by atoms with van der Waals surface area (Å²) in [5.41, 5.74) is 2.69. The zero-order chi connectivity index (χ0) is 19.6. The largest absolute Gasteiger partial charge is 0.378 e. The van der Waals surface area contributed by atoms with Gasteiger partial charge in [-0.3, -0.25) is 10.2 Å². The lowest BCUT2D eigenvalue weighted by Gasteiger charge is -2.25. The van der Waals surface area contributed by atoms with Crippen LogP contribution in [0.3, 0.4) is 0 Å². The van der Waals surface area contributed by atoms with Crippen LogP contribution in [0.25, 0.3) is 0 Å². The molecule has 8 nitrogen and oxygen atoms in total. The number of hydrazine groups is 1. The minimum atomic E-state index is -4.14. The molecule has 1 aliphatic rings. The summed E-state index contributed by atoms with van der Waals surface area (Å²) in [4.78, 5) is 20.9. The summed E-state index contributed by atoms with van der Waals surface area (Å²) in [5, 5.41) is 0.596. The van der Waals surface area contributed by atoms with Crippen molar-refractivity contribution in [1.82, 2.24) is 15.2 Å². The molecule has 2 aromatic rings. The standard InChI is InChI=1S/C15H16Cl2N4O4S2/c1-9-12(26-15(18-9)21-5-7-25-8-6-21)14(22)19-20-27(23,24)13-10(16)3-2-4-11(13)17/h2-4,20H,5-8H2,1H3,(H,19,22). The van der Waals surface area contributed by atoms with Crippen molar-refractivity contribution in [2.24, 2.45) is 0 Å². The lowest BCUT2D eigenvalue weighted by Crippen LogP contribution is -2.41. The van der Waals surface area contributed by atoms with Crippen molar-refractivity contribution in [1.29, 1.82) is 0 Å². The molecule has 146 valence electrons. The van der Waals surface area contributed by atoms with Crippen molar-refractivity contribution in [2.75, 3.05) is 31.2 Å². The maximum atomic E-state index is 12.4. The second-order valence-corrected chi connectivity index (χ2v) is 9.03. The van der Waals surface area contributed by atoms with E-state index in [2.05, 4.69) is 10.4 Å². The van der Waals surface area contributed by atoms with Gasteiger partial charge in [-0.1, -0.05) is 40.6 Å². The number of anilines is 1. The van der Waals surface area contributed by atoms with Crippen LogP contribution in [-0.4, -0.2) is 45.6 Å². The van der Waals surface area contributed by atoms with Gasteiger partial charge in [-0.05, 0) is 19.1 Å². The molecule has 0 atom stereocenters. The average Bonchev–Trinajstić information content (AvgIpc) is 3.02. The molecule has 2 heterocycles. The van der Waals surface area contributed by atoms with Crippen LogP contribution in [0.1, 0.15) is 15.4 Å². The number of thiazole rings is 1. The van der Waals surface area contributed by atoms with Crippen molar-refractivity contribution in [3.63, 3.8) is 0 Å². The molecule has 0 bridgehead atoms. The number of aryl methyl sites for hydroxylation is 1. The van der Waals surface area contributed by atoms with Crippen LogP contribution < -0.4 is 15.2 Å². The first-order valence-corrected chi connectivity index (χ1v) is 10.9. The SMILES string of the molecule is Cc1nc(N2CCOCC2)sc1C(=O)NNS(=O)(=O)c1c(Cl)cccc1Cl. The van der Waals surface area contributed by atoms with E-state index < -0.39 is 15.9 Å². The van der Waals surface area contributed by atoms with Crippen molar-refractivity contribution >= 4 is 55.6 Å². The van der Waals surface area contributed by atoms with Gasteiger partial charge >= 0.3 is 0 Å². The molecule has 3 rings (SSSR count). The number of sulfonamides is 1. The zero-order valence-corrected chi connectivity index (χ0v) is 17.3. The molecular weight excluding hydrogens is 435 g/mol. The van der Waals surface area contributed by atoms with Crippen LogP contribution in [0.15, 0.2) is 23.1 Å². The predicted octanol–water partition coefficient (Wildman–Crippen LogP) is 2.22. The Labute approximate surface area is 170 Å². The number of benzene rings is 1. The third kappa shape index (κ3) is 4.53. The molecule has 1 saturated heterocycles. The van der Waals surface area contributed by atoms with Crippen LogP contribution in [0.5, 0.6) is 0 Å². The molecule has 27 heavy (non-hydrogen) atoms. The van der Waals surface area contributed by atoms with Gasteiger partial charge in [0.2, 0.25) is 0 Å². The smallest absolute Gasteiger partial charge is 0.278 e. The van der Waals surface area contributed by atoms with Crippen molar-refractivity contribution in [2.45, 2.75) is 11.8 Å². The average molecular weight is 451 g/mol. The number of nitrogens with zero attached hydrogens (tertiary/aromatic N) is 2. The highest BCUT2D eigenvalue weighted by atomic mass is 35.5.